The third-order valence-corrected chi connectivity index (χ3v) is 5.63. The zero-order chi connectivity index (χ0) is 19.8. The maximum absolute atomic E-state index is 13.0. The number of ether oxygens (including phenoxy) is 1. The number of fused-ring (bicyclic) bond motifs is 1. The van der Waals surface area contributed by atoms with Gasteiger partial charge >= 0.3 is 0 Å². The van der Waals surface area contributed by atoms with E-state index in [1.165, 1.54) is 16.7 Å². The van der Waals surface area contributed by atoms with Crippen molar-refractivity contribution in [1.29, 1.82) is 0 Å². The molecule has 1 aliphatic heterocycles. The van der Waals surface area contributed by atoms with Crippen LogP contribution < -0.4 is 15.8 Å². The van der Waals surface area contributed by atoms with Crippen molar-refractivity contribution in [2.45, 2.75) is 18.1 Å². The van der Waals surface area contributed by atoms with Gasteiger partial charge in [-0.15, -0.1) is 6.42 Å². The Morgan fingerprint density at radius 1 is 1.36 bits per heavy atom. The first-order chi connectivity index (χ1) is 13.7. The first-order valence-electron chi connectivity index (χ1n) is 9.43. The summed E-state index contributed by atoms with van der Waals surface area (Å²) in [6, 6.07) is 7.31. The Morgan fingerprint density at radius 3 is 2.93 bits per heavy atom. The summed E-state index contributed by atoms with van der Waals surface area (Å²) >= 11 is 1.27. The summed E-state index contributed by atoms with van der Waals surface area (Å²) < 4.78 is 7.09. The zero-order valence-corrected chi connectivity index (χ0v) is 16.6. The van der Waals surface area contributed by atoms with Gasteiger partial charge in [0, 0.05) is 13.0 Å². The van der Waals surface area contributed by atoms with E-state index in [4.69, 9.17) is 11.2 Å². The molecule has 1 aliphatic rings. The number of nitrogens with one attached hydrogen (secondary N) is 2. The molecule has 2 heterocycles. The van der Waals surface area contributed by atoms with Gasteiger partial charge in [0.1, 0.15) is 13.1 Å². The highest BCUT2D eigenvalue weighted by molar-refractivity contribution is 7.99. The molecule has 0 spiro atoms. The summed E-state index contributed by atoms with van der Waals surface area (Å²) in [6.45, 7) is 5.34. The van der Waals surface area contributed by atoms with Crippen LogP contribution in [0.4, 0.5) is 0 Å². The van der Waals surface area contributed by atoms with Gasteiger partial charge in [0.2, 0.25) is 5.91 Å². The van der Waals surface area contributed by atoms with Crippen LogP contribution in [0, 0.1) is 12.3 Å². The summed E-state index contributed by atoms with van der Waals surface area (Å²) in [4.78, 5) is 31.0. The Labute approximate surface area is 168 Å². The number of morpholine rings is 1. The van der Waals surface area contributed by atoms with Gasteiger partial charge in [-0.05, 0) is 12.1 Å². The minimum atomic E-state index is -0.172. The quantitative estimate of drug-likeness (QED) is 0.356. The molecule has 0 radical (unpaired) electrons. The lowest BCUT2D eigenvalue weighted by molar-refractivity contribution is -0.908. The van der Waals surface area contributed by atoms with Crippen LogP contribution in [0.5, 0.6) is 0 Å². The summed E-state index contributed by atoms with van der Waals surface area (Å²) in [7, 11) is 0. The van der Waals surface area contributed by atoms with E-state index in [9.17, 15) is 9.59 Å². The van der Waals surface area contributed by atoms with Crippen LogP contribution in [0.3, 0.4) is 0 Å². The normalized spacial score (nSPS) is 14.7. The van der Waals surface area contributed by atoms with Crippen LogP contribution in [-0.4, -0.2) is 60.6 Å². The molecular formula is C20H25N4O3S+. The Bertz CT molecular complexity index is 916. The maximum atomic E-state index is 13.0. The van der Waals surface area contributed by atoms with E-state index in [0.717, 1.165) is 39.3 Å². The number of hydrogen-bond donors (Lipinski definition) is 2. The van der Waals surface area contributed by atoms with E-state index in [1.54, 1.807) is 10.6 Å². The maximum Gasteiger partial charge on any atom is 0.262 e. The third-order valence-electron chi connectivity index (χ3n) is 4.66. The van der Waals surface area contributed by atoms with Crippen LogP contribution in [0.25, 0.3) is 10.9 Å². The van der Waals surface area contributed by atoms with E-state index in [1.807, 2.05) is 18.2 Å². The predicted octanol–water partition coefficient (Wildman–Crippen LogP) is -0.457. The molecule has 1 aromatic carbocycles. The lowest BCUT2D eigenvalue weighted by Crippen LogP contribution is -3.14. The van der Waals surface area contributed by atoms with Crippen molar-refractivity contribution in [3.05, 3.63) is 34.6 Å². The molecule has 8 heteroatoms. The monoisotopic (exact) mass is 401 g/mol. The molecule has 0 aliphatic carbocycles. The number of nitrogens with zero attached hydrogens (tertiary/aromatic N) is 2. The number of thioether (sulfide) groups is 1. The van der Waals surface area contributed by atoms with Crippen LogP contribution >= 0.6 is 11.8 Å². The molecular weight excluding hydrogens is 376 g/mol. The second-order valence-electron chi connectivity index (χ2n) is 6.60. The third kappa shape index (κ3) is 5.35. The molecule has 0 saturated carbocycles. The van der Waals surface area contributed by atoms with Gasteiger partial charge in [0.25, 0.3) is 5.56 Å². The van der Waals surface area contributed by atoms with Crippen molar-refractivity contribution in [3.8, 4) is 12.3 Å². The molecule has 0 atom stereocenters. The van der Waals surface area contributed by atoms with Gasteiger partial charge in [-0.2, -0.15) is 0 Å². The Kier molecular flexibility index (Phi) is 7.48. The fourth-order valence-corrected chi connectivity index (χ4v) is 4.04. The van der Waals surface area contributed by atoms with E-state index in [2.05, 4.69) is 16.2 Å². The lowest BCUT2D eigenvalue weighted by atomic mass is 10.2. The topological polar surface area (TPSA) is 77.7 Å². The minimum absolute atomic E-state index is 0.0610. The summed E-state index contributed by atoms with van der Waals surface area (Å²) in [5.74, 6) is 2.37. The number of aromatic nitrogens is 2. The molecule has 1 saturated heterocycles. The van der Waals surface area contributed by atoms with Gasteiger partial charge in [0.05, 0.1) is 43.0 Å². The van der Waals surface area contributed by atoms with E-state index < -0.39 is 0 Å². The highest BCUT2D eigenvalue weighted by atomic mass is 32.2. The summed E-state index contributed by atoms with van der Waals surface area (Å²) in [5, 5.41) is 3.80. The number of carbonyl (C=O) groups is 1. The van der Waals surface area contributed by atoms with Crippen LogP contribution in [0.1, 0.15) is 6.42 Å². The molecule has 2 aromatic rings. The van der Waals surface area contributed by atoms with Gasteiger partial charge in [-0.1, -0.05) is 29.8 Å². The number of quaternary nitrogens is 1. The van der Waals surface area contributed by atoms with E-state index in [-0.39, 0.29) is 23.8 Å². The van der Waals surface area contributed by atoms with E-state index in [0.29, 0.717) is 22.6 Å². The lowest BCUT2D eigenvalue weighted by Gasteiger charge is -2.24. The average molecular weight is 402 g/mol. The SMILES string of the molecule is C#CCNC(=O)CSc1nc2ccccc2c(=O)n1CCC[NH+]1CCOCC1. The van der Waals surface area contributed by atoms with Crippen molar-refractivity contribution < 1.29 is 14.4 Å². The molecule has 2 N–H and O–H groups in total. The van der Waals surface area contributed by atoms with Gasteiger partial charge in [-0.25, -0.2) is 4.98 Å². The Morgan fingerprint density at radius 2 is 2.14 bits per heavy atom. The molecule has 1 amide bonds. The molecule has 7 nitrogen and oxygen atoms in total. The molecule has 148 valence electrons. The number of rotatable bonds is 8. The van der Waals surface area contributed by atoms with Crippen molar-refractivity contribution in [2.75, 3.05) is 45.1 Å². The largest absolute Gasteiger partial charge is 0.370 e. The second-order valence-corrected chi connectivity index (χ2v) is 7.55. The van der Waals surface area contributed by atoms with Gasteiger partial charge < -0.3 is 15.0 Å². The molecule has 1 fully saturated rings. The van der Waals surface area contributed by atoms with Crippen molar-refractivity contribution in [3.63, 3.8) is 0 Å². The standard InChI is InChI=1S/C20H24N4O3S/c1-2-8-21-18(25)15-28-20-22-17-7-4-3-6-16(17)19(26)24(20)10-5-9-23-11-13-27-14-12-23/h1,3-4,6-7H,5,8-15H2,(H,21,25)/p+1. The Hall–Kier alpha value is -2.34. The Balaban J connectivity index is 1.75. The fraction of sp³-hybridized carbons (Fsp3) is 0.450. The van der Waals surface area contributed by atoms with E-state index >= 15 is 0 Å². The van der Waals surface area contributed by atoms with Crippen LogP contribution in [-0.2, 0) is 16.1 Å². The van der Waals surface area contributed by atoms with Crippen molar-refractivity contribution >= 4 is 28.6 Å². The molecule has 0 unspecified atom stereocenters. The molecule has 0 bridgehead atoms. The van der Waals surface area contributed by atoms with Crippen LogP contribution in [0.15, 0.2) is 34.2 Å². The number of terminal acetylenes is 1. The molecule has 28 heavy (non-hydrogen) atoms. The van der Waals surface area contributed by atoms with Crippen molar-refractivity contribution in [1.82, 2.24) is 14.9 Å². The number of para-hydroxylation sites is 1. The number of amides is 1. The average Bonchev–Trinajstić information content (AvgIpc) is 2.73. The second kappa shape index (κ2) is 10.3. The highest BCUT2D eigenvalue weighted by Crippen LogP contribution is 2.17. The summed E-state index contributed by atoms with van der Waals surface area (Å²) in [5.41, 5.74) is 0.586. The van der Waals surface area contributed by atoms with Gasteiger partial charge in [-0.3, -0.25) is 14.2 Å². The summed E-state index contributed by atoms with van der Waals surface area (Å²) in [6.07, 6.45) is 6.03. The fourth-order valence-electron chi connectivity index (χ4n) is 3.18. The molecule has 1 aromatic heterocycles. The molecule has 3 rings (SSSR count). The van der Waals surface area contributed by atoms with Crippen LogP contribution in [0.2, 0.25) is 0 Å². The smallest absolute Gasteiger partial charge is 0.262 e. The number of benzene rings is 1. The number of carbonyl (C=O) groups excluding carboxylic acids is 1. The highest BCUT2D eigenvalue weighted by Gasteiger charge is 2.16. The first-order valence-corrected chi connectivity index (χ1v) is 10.4. The minimum Gasteiger partial charge on any atom is -0.370 e. The number of hydrogen-bond acceptors (Lipinski definition) is 5. The zero-order valence-electron chi connectivity index (χ0n) is 15.8. The first kappa shape index (κ1) is 20.4. The van der Waals surface area contributed by atoms with Gasteiger partial charge in [0.15, 0.2) is 5.16 Å². The predicted molar refractivity (Wildman–Crippen MR) is 110 cm³/mol. The van der Waals surface area contributed by atoms with Crippen molar-refractivity contribution in [2.24, 2.45) is 0 Å².